The van der Waals surface area contributed by atoms with E-state index in [9.17, 15) is 53.4 Å². The van der Waals surface area contributed by atoms with Gasteiger partial charge in [-0.25, -0.2) is 13.2 Å². The first-order valence-electron chi connectivity index (χ1n) is 5.89. The second-order valence-electron chi connectivity index (χ2n) is 5.74. The number of hydrogen-bond donors (Lipinski definition) is 3. The van der Waals surface area contributed by atoms with Gasteiger partial charge in [0, 0.05) is 0 Å². The van der Waals surface area contributed by atoms with Crippen molar-refractivity contribution in [2.75, 3.05) is 6.67 Å². The van der Waals surface area contributed by atoms with Crippen molar-refractivity contribution >= 4 is 0 Å². The Balaban J connectivity index is 3.04. The van der Waals surface area contributed by atoms with Crippen LogP contribution in [0.3, 0.4) is 0 Å². The molecule has 0 aromatic rings. The summed E-state index contributed by atoms with van der Waals surface area (Å²) in [5.74, 6) is -32.7. The van der Waals surface area contributed by atoms with E-state index in [0.29, 0.717) is 0 Å². The largest absolute Gasteiger partial charge is 0.378 e. The lowest BCUT2D eigenvalue weighted by molar-refractivity contribution is -0.537. The zero-order valence-electron chi connectivity index (χ0n) is 10.9. The maximum Gasteiger partial charge on any atom is 0.345 e. The molecule has 0 aromatic carbocycles. The quantitative estimate of drug-likeness (QED) is 0.604. The zero-order valence-corrected chi connectivity index (χ0v) is 10.9. The number of aliphatic hydroxyl groups is 3. The molecule has 0 amide bonds. The van der Waals surface area contributed by atoms with Crippen LogP contribution in [-0.2, 0) is 0 Å². The van der Waals surface area contributed by atoms with E-state index in [0.717, 1.165) is 0 Å². The zero-order chi connectivity index (χ0) is 19.4. The van der Waals surface area contributed by atoms with Crippen LogP contribution in [0.4, 0.5) is 48.3 Å². The minimum Gasteiger partial charge on any atom is -0.378 e. The van der Waals surface area contributed by atoms with Gasteiger partial charge in [0.2, 0.25) is 5.60 Å². The van der Waals surface area contributed by atoms with Crippen LogP contribution in [0, 0.1) is 0 Å². The van der Waals surface area contributed by atoms with Gasteiger partial charge in [-0.1, -0.05) is 0 Å². The van der Waals surface area contributed by atoms with Crippen molar-refractivity contribution in [3.05, 3.63) is 0 Å². The summed E-state index contributed by atoms with van der Waals surface area (Å²) >= 11 is 0. The van der Waals surface area contributed by atoms with E-state index < -0.39 is 59.5 Å². The molecule has 142 valence electrons. The van der Waals surface area contributed by atoms with Crippen molar-refractivity contribution in [1.82, 2.24) is 0 Å². The van der Waals surface area contributed by atoms with Gasteiger partial charge in [0.1, 0.15) is 6.67 Å². The highest BCUT2D eigenvalue weighted by Gasteiger charge is 3.05. The highest BCUT2D eigenvalue weighted by atomic mass is 19.3. The second kappa shape index (κ2) is 4.09. The van der Waals surface area contributed by atoms with Gasteiger partial charge < -0.3 is 15.3 Å². The van der Waals surface area contributed by atoms with E-state index in [4.69, 9.17) is 10.2 Å². The molecule has 4 unspecified atom stereocenters. The molecular weight excluding hydrogens is 377 g/mol. The molecule has 14 heteroatoms. The first-order chi connectivity index (χ1) is 10.3. The first-order valence-corrected chi connectivity index (χ1v) is 5.89. The van der Waals surface area contributed by atoms with E-state index >= 15 is 0 Å². The van der Waals surface area contributed by atoms with E-state index in [-0.39, 0.29) is 0 Å². The van der Waals surface area contributed by atoms with Crippen molar-refractivity contribution in [2.24, 2.45) is 0 Å². The molecule has 0 aromatic heterocycles. The Hall–Kier alpha value is -0.890. The van der Waals surface area contributed by atoms with E-state index in [1.807, 2.05) is 0 Å². The van der Waals surface area contributed by atoms with E-state index in [2.05, 4.69) is 0 Å². The highest BCUT2D eigenvalue weighted by molar-refractivity contribution is 5.39. The molecule has 0 aliphatic heterocycles. The molecule has 2 rings (SSSR count). The molecule has 4 atom stereocenters. The molecule has 0 saturated heterocycles. The van der Waals surface area contributed by atoms with Gasteiger partial charge in [-0.15, -0.1) is 0 Å². The normalized spacial score (nSPS) is 51.2. The fraction of sp³-hybridized carbons (Fsp3) is 1.00. The van der Waals surface area contributed by atoms with Crippen LogP contribution in [-0.4, -0.2) is 68.4 Å². The van der Waals surface area contributed by atoms with Gasteiger partial charge in [0.25, 0.3) is 17.1 Å². The summed E-state index contributed by atoms with van der Waals surface area (Å²) in [4.78, 5) is 0. The average Bonchev–Trinajstić information content (AvgIpc) is 2.41. The topological polar surface area (TPSA) is 60.7 Å². The van der Waals surface area contributed by atoms with Gasteiger partial charge in [0.15, 0.2) is 0 Å². The minimum atomic E-state index is -7.04. The van der Waals surface area contributed by atoms with Crippen molar-refractivity contribution in [3.63, 3.8) is 0 Å². The van der Waals surface area contributed by atoms with Crippen LogP contribution in [0.1, 0.15) is 6.42 Å². The van der Waals surface area contributed by atoms with Crippen LogP contribution in [0.2, 0.25) is 0 Å². The third-order valence-corrected chi connectivity index (χ3v) is 4.55. The fourth-order valence-corrected chi connectivity index (χ4v) is 3.02. The second-order valence-corrected chi connectivity index (χ2v) is 5.74. The summed E-state index contributed by atoms with van der Waals surface area (Å²) in [5, 5.41) is 27.1. The molecule has 0 spiro atoms. The monoisotopic (exact) mass is 384 g/mol. The van der Waals surface area contributed by atoms with Crippen LogP contribution in [0.25, 0.3) is 0 Å². The summed E-state index contributed by atoms with van der Waals surface area (Å²) in [6.07, 6.45) is -3.39. The lowest BCUT2D eigenvalue weighted by Gasteiger charge is -2.65. The SMILES string of the molecule is OC1(F)CC2(O)C(F)(F)C(F)(CF)C(F)(F)C(O)(C1(F)F)C2(F)F. The smallest absolute Gasteiger partial charge is 0.345 e. The summed E-state index contributed by atoms with van der Waals surface area (Å²) in [7, 11) is 0. The molecule has 24 heavy (non-hydrogen) atoms. The van der Waals surface area contributed by atoms with Crippen LogP contribution in [0.15, 0.2) is 0 Å². The number of rotatable bonds is 1. The number of fused-ring (bicyclic) bond motifs is 2. The van der Waals surface area contributed by atoms with E-state index in [1.165, 1.54) is 0 Å². The molecule has 2 saturated carbocycles. The van der Waals surface area contributed by atoms with Crippen molar-refractivity contribution in [1.29, 1.82) is 0 Å². The Kier molecular flexibility index (Phi) is 3.31. The molecule has 2 fully saturated rings. The summed E-state index contributed by atoms with van der Waals surface area (Å²) in [6.45, 7) is -3.60. The lowest BCUT2D eigenvalue weighted by Crippen LogP contribution is -2.96. The van der Waals surface area contributed by atoms with Crippen molar-refractivity contribution in [2.45, 2.75) is 52.8 Å². The highest BCUT2D eigenvalue weighted by Crippen LogP contribution is 2.74. The minimum absolute atomic E-state index is 3.39. The van der Waals surface area contributed by atoms with Crippen molar-refractivity contribution < 1.29 is 63.6 Å². The van der Waals surface area contributed by atoms with E-state index in [1.54, 1.807) is 0 Å². The van der Waals surface area contributed by atoms with Crippen molar-refractivity contribution in [3.8, 4) is 0 Å². The van der Waals surface area contributed by atoms with Crippen LogP contribution < -0.4 is 0 Å². The van der Waals surface area contributed by atoms with Crippen LogP contribution in [0.5, 0.6) is 0 Å². The Labute approximate surface area is 124 Å². The predicted octanol–water partition coefficient (Wildman–Crippen LogP) is 1.74. The van der Waals surface area contributed by atoms with Gasteiger partial charge in [-0.2, -0.15) is 35.1 Å². The van der Waals surface area contributed by atoms with Crippen LogP contribution >= 0.6 is 0 Å². The molecular formula is C10H7F11O3. The van der Waals surface area contributed by atoms with Gasteiger partial charge in [-0.05, 0) is 0 Å². The third kappa shape index (κ3) is 1.33. The molecule has 2 aliphatic rings. The molecule has 2 bridgehead atoms. The Morgan fingerprint density at radius 2 is 1.04 bits per heavy atom. The van der Waals surface area contributed by atoms with Gasteiger partial charge in [0.05, 0.1) is 6.42 Å². The summed E-state index contributed by atoms with van der Waals surface area (Å²) in [5.41, 5.74) is -18.8. The Morgan fingerprint density at radius 1 is 0.625 bits per heavy atom. The number of alkyl halides is 11. The fourth-order valence-electron chi connectivity index (χ4n) is 3.02. The summed E-state index contributed by atoms with van der Waals surface area (Å²) < 4.78 is 150. The molecule has 3 nitrogen and oxygen atoms in total. The van der Waals surface area contributed by atoms with Gasteiger partial charge >= 0.3 is 23.7 Å². The maximum absolute atomic E-state index is 13.9. The molecule has 2 aliphatic carbocycles. The van der Waals surface area contributed by atoms with Gasteiger partial charge in [-0.3, -0.25) is 0 Å². The molecule has 3 N–H and O–H groups in total. The number of halogens is 11. The maximum atomic E-state index is 13.9. The third-order valence-electron chi connectivity index (χ3n) is 4.55. The molecule has 0 heterocycles. The standard InChI is InChI=1S/C10H7F11O3/c11-2-3(12)7(14,15)4(22)1-5(13,23)10(20,21)6(24,8(3,16)17)9(4,18)19/h22-24H,1-2H2. The predicted molar refractivity (Wildman–Crippen MR) is 50.2 cm³/mol. The first kappa shape index (κ1) is 19.4. The Bertz CT molecular complexity index is 578. The Morgan fingerprint density at radius 3 is 1.42 bits per heavy atom. The molecule has 0 radical (unpaired) electrons. The lowest BCUT2D eigenvalue weighted by atomic mass is 9.52. The average molecular weight is 384 g/mol. The summed E-state index contributed by atoms with van der Waals surface area (Å²) in [6, 6.07) is 0. The number of hydrogen-bond acceptors (Lipinski definition) is 3.